The van der Waals surface area contributed by atoms with Crippen molar-refractivity contribution in [2.45, 2.75) is 52.0 Å². The van der Waals surface area contributed by atoms with Gasteiger partial charge in [-0.05, 0) is 38.8 Å². The maximum absolute atomic E-state index is 15.2. The molecule has 16 heteroatoms. The number of hydrogen-bond acceptors (Lipinski definition) is 14. The van der Waals surface area contributed by atoms with Gasteiger partial charge >= 0.3 is 11.9 Å². The van der Waals surface area contributed by atoms with Gasteiger partial charge in [0.05, 0.1) is 49.5 Å². The van der Waals surface area contributed by atoms with Gasteiger partial charge in [0.15, 0.2) is 0 Å². The Balaban J connectivity index is 1.96. The van der Waals surface area contributed by atoms with E-state index in [0.29, 0.717) is 57.9 Å². The van der Waals surface area contributed by atoms with Crippen molar-refractivity contribution in [3.05, 3.63) is 75.8 Å². The van der Waals surface area contributed by atoms with Crippen molar-refractivity contribution in [1.29, 1.82) is 0 Å². The van der Waals surface area contributed by atoms with Crippen molar-refractivity contribution < 1.29 is 42.7 Å². The number of ether oxygens (including phenoxy) is 2. The number of hydrogen-bond donors (Lipinski definition) is 0. The second-order valence-corrected chi connectivity index (χ2v) is 16.5. The van der Waals surface area contributed by atoms with E-state index in [2.05, 4.69) is 0 Å². The van der Waals surface area contributed by atoms with Crippen LogP contribution in [-0.2, 0) is 44.3 Å². The lowest BCUT2D eigenvalue weighted by molar-refractivity contribution is -0.384. The minimum Gasteiger partial charge on any atom is -0.461 e. The van der Waals surface area contributed by atoms with Crippen molar-refractivity contribution in [3.63, 3.8) is 0 Å². The monoisotopic (exact) mass is 759 g/mol. The van der Waals surface area contributed by atoms with E-state index in [4.69, 9.17) is 14.0 Å². The van der Waals surface area contributed by atoms with Crippen LogP contribution in [0.3, 0.4) is 0 Å². The van der Waals surface area contributed by atoms with E-state index in [0.717, 1.165) is 18.1 Å². The molecule has 2 aromatic carbocycles. The van der Waals surface area contributed by atoms with Crippen LogP contribution in [0, 0.1) is 10.1 Å². The Hall–Kier alpha value is -3.85. The predicted molar refractivity (Wildman–Crippen MR) is 200 cm³/mol. The Morgan fingerprint density at radius 1 is 0.830 bits per heavy atom. The minimum atomic E-state index is -3.81. The largest absolute Gasteiger partial charge is 0.461 e. The lowest BCUT2D eigenvalue weighted by Crippen LogP contribution is -2.48. The molecule has 292 valence electrons. The molecule has 1 aliphatic rings. The van der Waals surface area contributed by atoms with E-state index in [1.165, 1.54) is 24.3 Å². The van der Waals surface area contributed by atoms with Gasteiger partial charge in [-0.15, -0.1) is 0 Å². The summed E-state index contributed by atoms with van der Waals surface area (Å²) >= 11 is 0. The van der Waals surface area contributed by atoms with E-state index >= 15 is 4.57 Å². The van der Waals surface area contributed by atoms with Crippen molar-refractivity contribution in [2.24, 2.45) is 0 Å². The summed E-state index contributed by atoms with van der Waals surface area (Å²) in [5.41, 5.74) is -0.609. The fourth-order valence-corrected chi connectivity index (χ4v) is 8.78. The molecule has 0 N–H and O–H groups in total. The average molecular weight is 760 g/mol. The molecule has 1 heterocycles. The third-order valence-electron chi connectivity index (χ3n) is 8.68. The van der Waals surface area contributed by atoms with Gasteiger partial charge in [0.1, 0.15) is 24.8 Å². The highest BCUT2D eigenvalue weighted by atomic mass is 31.2. The van der Waals surface area contributed by atoms with Crippen LogP contribution >= 0.6 is 7.37 Å². The van der Waals surface area contributed by atoms with Gasteiger partial charge in [0, 0.05) is 64.5 Å². The van der Waals surface area contributed by atoms with Gasteiger partial charge in [-0.1, -0.05) is 42.5 Å². The van der Waals surface area contributed by atoms with E-state index in [1.807, 2.05) is 49.9 Å². The molecule has 0 saturated carbocycles. The van der Waals surface area contributed by atoms with Crippen LogP contribution in [0.1, 0.15) is 50.9 Å². The first-order valence-corrected chi connectivity index (χ1v) is 19.8. The van der Waals surface area contributed by atoms with Crippen LogP contribution in [-0.4, -0.2) is 140 Å². The number of non-ortho nitro benzene ring substituents is 1. The Labute approximate surface area is 312 Å². The van der Waals surface area contributed by atoms with Gasteiger partial charge in [0.2, 0.25) is 7.37 Å². The molecule has 1 aliphatic heterocycles. The summed E-state index contributed by atoms with van der Waals surface area (Å²) in [4.78, 5) is 68.2. The fourth-order valence-electron chi connectivity index (χ4n) is 5.99. The zero-order valence-corrected chi connectivity index (χ0v) is 32.2. The molecule has 1 saturated heterocycles. The summed E-state index contributed by atoms with van der Waals surface area (Å²) in [7, 11) is -3.81. The molecule has 0 radical (unpaired) electrons. The molecule has 1 fully saturated rings. The number of nitrogens with zero attached hydrogens (tertiary/aromatic N) is 5. The molecular formula is C37H54N5O10P. The number of rotatable bonds is 17. The van der Waals surface area contributed by atoms with Crippen molar-refractivity contribution in [3.8, 4) is 0 Å². The SMILES string of the molecule is CCOP(=O)(CN1CCN(CC=O)CCN(CC=O)CCN(CC(=O)OC(C)(C)C)CC1)C(CC(=O)OCc1ccccc1)c1ccc([N+](=O)[O-])cc1. The zero-order valence-electron chi connectivity index (χ0n) is 31.3. The molecule has 0 bridgehead atoms. The average Bonchev–Trinajstić information content (AvgIpc) is 3.10. The van der Waals surface area contributed by atoms with Crippen LogP contribution < -0.4 is 0 Å². The summed E-state index contributed by atoms with van der Waals surface area (Å²) in [6, 6.07) is 14.8. The van der Waals surface area contributed by atoms with Gasteiger partial charge in [-0.2, -0.15) is 0 Å². The van der Waals surface area contributed by atoms with Crippen molar-refractivity contribution in [2.75, 3.05) is 84.9 Å². The van der Waals surface area contributed by atoms with E-state index in [9.17, 15) is 29.3 Å². The van der Waals surface area contributed by atoms with Crippen LogP contribution in [0.25, 0.3) is 0 Å². The van der Waals surface area contributed by atoms with Crippen LogP contribution in [0.5, 0.6) is 0 Å². The van der Waals surface area contributed by atoms with Crippen molar-refractivity contribution in [1.82, 2.24) is 19.6 Å². The maximum Gasteiger partial charge on any atom is 0.320 e. The quantitative estimate of drug-likeness (QED) is 0.0746. The van der Waals surface area contributed by atoms with Crippen LogP contribution in [0.2, 0.25) is 0 Å². The Kier molecular flexibility index (Phi) is 17.9. The molecule has 2 aromatic rings. The molecule has 2 unspecified atom stereocenters. The smallest absolute Gasteiger partial charge is 0.320 e. The van der Waals surface area contributed by atoms with Crippen LogP contribution in [0.4, 0.5) is 5.69 Å². The topological polar surface area (TPSA) is 169 Å². The number of carbonyl (C=O) groups excluding carboxylic acids is 4. The summed E-state index contributed by atoms with van der Waals surface area (Å²) in [5, 5.41) is 11.5. The van der Waals surface area contributed by atoms with Crippen LogP contribution in [0.15, 0.2) is 54.6 Å². The molecule has 0 amide bonds. The fraction of sp³-hybridized carbons (Fsp3) is 0.568. The van der Waals surface area contributed by atoms with Gasteiger partial charge < -0.3 is 23.6 Å². The van der Waals surface area contributed by atoms with Gasteiger partial charge in [0.25, 0.3) is 5.69 Å². The summed E-state index contributed by atoms with van der Waals surface area (Å²) in [5.74, 6) is -1.01. The lowest BCUT2D eigenvalue weighted by Gasteiger charge is -2.36. The first kappa shape index (κ1) is 43.6. The zero-order chi connectivity index (χ0) is 38.9. The first-order valence-electron chi connectivity index (χ1n) is 17.9. The first-order chi connectivity index (χ1) is 25.2. The summed E-state index contributed by atoms with van der Waals surface area (Å²) < 4.78 is 32.5. The second-order valence-electron chi connectivity index (χ2n) is 13.9. The molecular weight excluding hydrogens is 705 g/mol. The molecule has 53 heavy (non-hydrogen) atoms. The predicted octanol–water partition coefficient (Wildman–Crippen LogP) is 4.00. The van der Waals surface area contributed by atoms with E-state index in [1.54, 1.807) is 27.7 Å². The van der Waals surface area contributed by atoms with Gasteiger partial charge in [-0.25, -0.2) is 0 Å². The third-order valence-corrected chi connectivity index (χ3v) is 11.6. The number of nitro benzene ring substituents is 1. The van der Waals surface area contributed by atoms with E-state index in [-0.39, 0.29) is 51.2 Å². The number of benzene rings is 2. The number of carbonyl (C=O) groups is 4. The summed E-state index contributed by atoms with van der Waals surface area (Å²) in [6.45, 7) is 11.0. The highest BCUT2D eigenvalue weighted by molar-refractivity contribution is 7.59. The molecule has 0 aromatic heterocycles. The summed E-state index contributed by atoms with van der Waals surface area (Å²) in [6.07, 6.45) is 1.27. The highest BCUT2D eigenvalue weighted by Gasteiger charge is 2.39. The highest BCUT2D eigenvalue weighted by Crippen LogP contribution is 2.62. The molecule has 15 nitrogen and oxygen atoms in total. The molecule has 3 rings (SSSR count). The standard InChI is InChI=1S/C37H54N5O10P/c1-5-51-53(49,34(32-11-13-33(14-12-32)42(47)48)27-35(45)50-29-31-9-7-6-8-10-31)30-41-21-18-39(24-26-44)16-15-38(23-25-43)17-19-40(20-22-41)28-36(46)52-37(2,3)4/h6-14,25-26,34H,5,15-24,27-30H2,1-4H3. The van der Waals surface area contributed by atoms with Crippen molar-refractivity contribution >= 4 is 37.6 Å². The lowest BCUT2D eigenvalue weighted by atomic mass is 10.1. The normalized spacial score (nSPS) is 17.7. The molecule has 0 aliphatic carbocycles. The minimum absolute atomic E-state index is 0.000891. The molecule has 2 atom stereocenters. The van der Waals surface area contributed by atoms with Gasteiger partial charge in [-0.3, -0.25) is 43.9 Å². The number of aldehydes is 2. The van der Waals surface area contributed by atoms with E-state index < -0.39 is 35.5 Å². The Morgan fingerprint density at radius 3 is 1.85 bits per heavy atom. The molecule has 0 spiro atoms. The Bertz CT molecular complexity index is 1520. The number of nitro groups is 1. The number of esters is 2. The second kappa shape index (κ2) is 21.8. The Morgan fingerprint density at radius 2 is 1.36 bits per heavy atom. The third kappa shape index (κ3) is 15.6. The maximum atomic E-state index is 15.2.